The second kappa shape index (κ2) is 4.73. The van der Waals surface area contributed by atoms with Gasteiger partial charge < -0.3 is 5.11 Å². The molecular weight excluding hydrogens is 261 g/mol. The molecule has 0 spiro atoms. The van der Waals surface area contributed by atoms with Crippen LogP contribution in [0.2, 0.25) is 10.0 Å². The molecule has 0 unspecified atom stereocenters. The van der Waals surface area contributed by atoms with E-state index >= 15 is 0 Å². The minimum absolute atomic E-state index is 0.157. The molecule has 1 heterocycles. The maximum absolute atomic E-state index is 11.1. The van der Waals surface area contributed by atoms with E-state index in [0.717, 1.165) is 0 Å². The van der Waals surface area contributed by atoms with E-state index in [4.69, 9.17) is 28.3 Å². The minimum Gasteiger partial charge on any atom is -0.478 e. The molecule has 0 aliphatic rings. The molecule has 17 heavy (non-hydrogen) atoms. The smallest absolute Gasteiger partial charge is 0.336 e. The van der Waals surface area contributed by atoms with E-state index in [-0.39, 0.29) is 5.56 Å². The van der Waals surface area contributed by atoms with Crippen LogP contribution in [0.4, 0.5) is 0 Å². The predicted molar refractivity (Wildman–Crippen MR) is 66.7 cm³/mol. The highest BCUT2D eigenvalue weighted by atomic mass is 35.5. The van der Waals surface area contributed by atoms with E-state index in [0.29, 0.717) is 21.3 Å². The minimum atomic E-state index is -1.02. The van der Waals surface area contributed by atoms with E-state index in [2.05, 4.69) is 4.98 Å². The molecule has 3 nitrogen and oxygen atoms in total. The summed E-state index contributed by atoms with van der Waals surface area (Å²) in [6.45, 7) is 0. The quantitative estimate of drug-likeness (QED) is 0.902. The molecule has 2 rings (SSSR count). The van der Waals surface area contributed by atoms with Gasteiger partial charge in [0.25, 0.3) is 0 Å². The summed E-state index contributed by atoms with van der Waals surface area (Å²) in [6, 6.07) is 8.07. The number of carboxylic acid groups (broad SMARTS) is 1. The number of rotatable bonds is 2. The molecule has 0 fully saturated rings. The number of aromatic nitrogens is 1. The zero-order valence-electron chi connectivity index (χ0n) is 8.52. The number of halogens is 2. The van der Waals surface area contributed by atoms with Gasteiger partial charge in [-0.15, -0.1) is 0 Å². The molecule has 2 aromatic rings. The molecule has 0 aliphatic carbocycles. The molecule has 0 radical (unpaired) electrons. The van der Waals surface area contributed by atoms with Crippen molar-refractivity contribution in [3.05, 3.63) is 52.1 Å². The highest BCUT2D eigenvalue weighted by Gasteiger charge is 2.14. The highest BCUT2D eigenvalue weighted by molar-refractivity contribution is 6.36. The number of benzene rings is 1. The van der Waals surface area contributed by atoms with Gasteiger partial charge in [0.2, 0.25) is 0 Å². The lowest BCUT2D eigenvalue weighted by Gasteiger charge is -2.07. The van der Waals surface area contributed by atoms with Crippen LogP contribution in [0.25, 0.3) is 11.3 Å². The van der Waals surface area contributed by atoms with E-state index < -0.39 is 5.97 Å². The second-order valence-electron chi connectivity index (χ2n) is 3.33. The summed E-state index contributed by atoms with van der Waals surface area (Å²) in [4.78, 5) is 15.1. The third kappa shape index (κ3) is 2.40. The Labute approximate surface area is 108 Å². The van der Waals surface area contributed by atoms with Gasteiger partial charge in [0.15, 0.2) is 0 Å². The van der Waals surface area contributed by atoms with Crippen LogP contribution in [0, 0.1) is 0 Å². The van der Waals surface area contributed by atoms with Gasteiger partial charge in [-0.1, -0.05) is 41.4 Å². The summed E-state index contributed by atoms with van der Waals surface area (Å²) in [5.41, 5.74) is 1.04. The average molecular weight is 268 g/mol. The van der Waals surface area contributed by atoms with Crippen molar-refractivity contribution < 1.29 is 9.90 Å². The van der Waals surface area contributed by atoms with Crippen molar-refractivity contribution in [2.45, 2.75) is 0 Å². The first-order valence-corrected chi connectivity index (χ1v) is 5.49. The standard InChI is InChI=1S/C12H7Cl2NO2/c13-7-5-10(14)11(15-6-7)8-3-1-2-4-9(8)12(16)17/h1-6H,(H,16,17). The monoisotopic (exact) mass is 267 g/mol. The SMILES string of the molecule is O=C(O)c1ccccc1-c1ncc(Cl)cc1Cl. The Kier molecular flexibility index (Phi) is 3.31. The number of aromatic carboxylic acids is 1. The Bertz CT molecular complexity index is 584. The molecular formula is C12H7Cl2NO2. The number of pyridine rings is 1. The predicted octanol–water partition coefficient (Wildman–Crippen LogP) is 3.75. The zero-order chi connectivity index (χ0) is 12.4. The van der Waals surface area contributed by atoms with Crippen LogP contribution < -0.4 is 0 Å². The first-order chi connectivity index (χ1) is 8.09. The van der Waals surface area contributed by atoms with Gasteiger partial charge in [-0.05, 0) is 12.1 Å². The van der Waals surface area contributed by atoms with Gasteiger partial charge in [0.05, 0.1) is 21.3 Å². The number of carbonyl (C=O) groups is 1. The third-order valence-corrected chi connectivity index (χ3v) is 2.72. The first kappa shape index (κ1) is 11.9. The summed E-state index contributed by atoms with van der Waals surface area (Å²) in [5.74, 6) is -1.02. The van der Waals surface area contributed by atoms with Gasteiger partial charge in [-0.25, -0.2) is 4.79 Å². The summed E-state index contributed by atoms with van der Waals surface area (Å²) in [6.07, 6.45) is 1.43. The van der Waals surface area contributed by atoms with Gasteiger partial charge in [-0.2, -0.15) is 0 Å². The molecule has 5 heteroatoms. The highest BCUT2D eigenvalue weighted by Crippen LogP contribution is 2.30. The van der Waals surface area contributed by atoms with E-state index in [1.54, 1.807) is 18.2 Å². The maximum Gasteiger partial charge on any atom is 0.336 e. The molecule has 0 bridgehead atoms. The first-order valence-electron chi connectivity index (χ1n) is 4.73. The van der Waals surface area contributed by atoms with Crippen LogP contribution in [-0.2, 0) is 0 Å². The average Bonchev–Trinajstić information content (AvgIpc) is 2.29. The second-order valence-corrected chi connectivity index (χ2v) is 4.18. The molecule has 1 aromatic heterocycles. The Morgan fingerprint density at radius 1 is 1.24 bits per heavy atom. The lowest BCUT2D eigenvalue weighted by atomic mass is 10.0. The molecule has 0 saturated carbocycles. The van der Waals surface area contributed by atoms with Crippen molar-refractivity contribution in [1.82, 2.24) is 4.98 Å². The van der Waals surface area contributed by atoms with Crippen LogP contribution >= 0.6 is 23.2 Å². The summed E-state index contributed by atoms with van der Waals surface area (Å²) < 4.78 is 0. The van der Waals surface area contributed by atoms with Crippen LogP contribution in [0.15, 0.2) is 36.5 Å². The number of carboxylic acids is 1. The summed E-state index contributed by atoms with van der Waals surface area (Å²) >= 11 is 11.7. The largest absolute Gasteiger partial charge is 0.478 e. The topological polar surface area (TPSA) is 50.2 Å². The molecule has 1 aromatic carbocycles. The fourth-order valence-electron chi connectivity index (χ4n) is 1.49. The van der Waals surface area contributed by atoms with Crippen LogP contribution in [0.1, 0.15) is 10.4 Å². The maximum atomic E-state index is 11.1. The Hall–Kier alpha value is -1.58. The Morgan fingerprint density at radius 2 is 1.94 bits per heavy atom. The van der Waals surface area contributed by atoms with E-state index in [9.17, 15) is 4.79 Å². The van der Waals surface area contributed by atoms with Gasteiger partial charge in [-0.3, -0.25) is 4.98 Å². The number of hydrogen-bond acceptors (Lipinski definition) is 2. The summed E-state index contributed by atoms with van der Waals surface area (Å²) in [7, 11) is 0. The molecule has 0 atom stereocenters. The Balaban J connectivity index is 2.64. The van der Waals surface area contributed by atoms with E-state index in [1.807, 2.05) is 0 Å². The van der Waals surface area contributed by atoms with Crippen molar-refractivity contribution in [2.24, 2.45) is 0 Å². The zero-order valence-corrected chi connectivity index (χ0v) is 10.0. The van der Waals surface area contributed by atoms with Crippen LogP contribution in [0.5, 0.6) is 0 Å². The molecule has 0 aliphatic heterocycles. The molecule has 86 valence electrons. The van der Waals surface area contributed by atoms with Crippen molar-refractivity contribution >= 4 is 29.2 Å². The third-order valence-electron chi connectivity index (χ3n) is 2.22. The lowest BCUT2D eigenvalue weighted by molar-refractivity contribution is 0.0697. The van der Waals surface area contributed by atoms with Crippen molar-refractivity contribution in [2.75, 3.05) is 0 Å². The van der Waals surface area contributed by atoms with Crippen molar-refractivity contribution in [3.8, 4) is 11.3 Å². The number of nitrogens with zero attached hydrogens (tertiary/aromatic N) is 1. The van der Waals surface area contributed by atoms with E-state index in [1.165, 1.54) is 18.3 Å². The van der Waals surface area contributed by atoms with Crippen molar-refractivity contribution in [1.29, 1.82) is 0 Å². The Morgan fingerprint density at radius 3 is 2.59 bits per heavy atom. The molecule has 0 saturated heterocycles. The fourth-order valence-corrected chi connectivity index (χ4v) is 1.97. The van der Waals surface area contributed by atoms with Gasteiger partial charge in [0, 0.05) is 11.8 Å². The lowest BCUT2D eigenvalue weighted by Crippen LogP contribution is -2.00. The normalized spacial score (nSPS) is 10.2. The molecule has 0 amide bonds. The van der Waals surface area contributed by atoms with Gasteiger partial charge in [0.1, 0.15) is 0 Å². The summed E-state index contributed by atoms with van der Waals surface area (Å²) in [5, 5.41) is 9.81. The fraction of sp³-hybridized carbons (Fsp3) is 0. The number of hydrogen-bond donors (Lipinski definition) is 1. The van der Waals surface area contributed by atoms with Crippen LogP contribution in [0.3, 0.4) is 0 Å². The van der Waals surface area contributed by atoms with Crippen LogP contribution in [-0.4, -0.2) is 16.1 Å². The van der Waals surface area contributed by atoms with Crippen molar-refractivity contribution in [3.63, 3.8) is 0 Å². The molecule has 1 N–H and O–H groups in total. The van der Waals surface area contributed by atoms with Gasteiger partial charge >= 0.3 is 5.97 Å².